The fourth-order valence-corrected chi connectivity index (χ4v) is 3.74. The van der Waals surface area contributed by atoms with Crippen molar-refractivity contribution < 1.29 is 14.3 Å². The second-order valence-corrected chi connectivity index (χ2v) is 7.05. The number of carbonyl (C=O) groups is 1. The van der Waals surface area contributed by atoms with Crippen LogP contribution in [0.25, 0.3) is 5.65 Å². The molecule has 5 rings (SSSR count). The van der Waals surface area contributed by atoms with E-state index in [1.807, 2.05) is 23.1 Å². The van der Waals surface area contributed by atoms with Gasteiger partial charge >= 0.3 is 0 Å². The highest BCUT2D eigenvalue weighted by molar-refractivity contribution is 5.93. The number of carbonyl (C=O) groups excluding carboxylic acids is 1. The molecule has 8 nitrogen and oxygen atoms in total. The van der Waals surface area contributed by atoms with E-state index in [2.05, 4.69) is 15.4 Å². The molecule has 0 aliphatic carbocycles. The van der Waals surface area contributed by atoms with Crippen LogP contribution in [-0.2, 0) is 0 Å². The van der Waals surface area contributed by atoms with Crippen molar-refractivity contribution in [3.63, 3.8) is 0 Å². The number of fused-ring (bicyclic) bond motifs is 2. The van der Waals surface area contributed by atoms with E-state index in [-0.39, 0.29) is 11.9 Å². The van der Waals surface area contributed by atoms with Crippen molar-refractivity contribution >= 4 is 17.2 Å². The second kappa shape index (κ2) is 7.03. The third-order valence-corrected chi connectivity index (χ3v) is 5.08. The molecule has 8 heteroatoms. The Kier molecular flexibility index (Phi) is 4.23. The Labute approximate surface area is 162 Å². The Hall–Kier alpha value is -3.29. The quantitative estimate of drug-likeness (QED) is 0.752. The summed E-state index contributed by atoms with van der Waals surface area (Å²) in [6, 6.07) is 9.58. The van der Waals surface area contributed by atoms with Crippen LogP contribution in [0.3, 0.4) is 0 Å². The molecule has 3 aromatic rings. The Bertz CT molecular complexity index is 985. The molecule has 4 heterocycles. The van der Waals surface area contributed by atoms with Gasteiger partial charge in [0.2, 0.25) is 0 Å². The summed E-state index contributed by atoms with van der Waals surface area (Å²) in [5.74, 6) is 1.48. The Morgan fingerprint density at radius 3 is 2.96 bits per heavy atom. The van der Waals surface area contributed by atoms with Gasteiger partial charge < -0.3 is 19.7 Å². The minimum Gasteiger partial charge on any atom is -0.486 e. The monoisotopic (exact) mass is 379 g/mol. The van der Waals surface area contributed by atoms with Gasteiger partial charge in [-0.3, -0.25) is 4.79 Å². The maximum absolute atomic E-state index is 12.9. The molecule has 0 bridgehead atoms. The number of amides is 1. The third kappa shape index (κ3) is 3.21. The average molecular weight is 379 g/mol. The number of nitrogens with one attached hydrogen (secondary N) is 1. The molecule has 2 aliphatic rings. The molecule has 0 spiro atoms. The predicted octanol–water partition coefficient (Wildman–Crippen LogP) is 2.22. The summed E-state index contributed by atoms with van der Waals surface area (Å²) in [4.78, 5) is 19.0. The zero-order chi connectivity index (χ0) is 18.9. The highest BCUT2D eigenvalue weighted by Crippen LogP contribution is 2.33. The van der Waals surface area contributed by atoms with E-state index < -0.39 is 0 Å². The first-order chi connectivity index (χ1) is 13.8. The fraction of sp³-hybridized carbons (Fsp3) is 0.350. The molecule has 1 fully saturated rings. The van der Waals surface area contributed by atoms with Crippen LogP contribution in [-0.4, -0.2) is 57.8 Å². The smallest absolute Gasteiger partial charge is 0.274 e. The van der Waals surface area contributed by atoms with Gasteiger partial charge in [0.15, 0.2) is 22.8 Å². The summed E-state index contributed by atoms with van der Waals surface area (Å²) in [5, 5.41) is 7.88. The minimum atomic E-state index is -0.0563. The number of benzene rings is 1. The molecule has 0 unspecified atom stereocenters. The molecular weight excluding hydrogens is 358 g/mol. The molecule has 28 heavy (non-hydrogen) atoms. The number of ether oxygens (including phenoxy) is 2. The van der Waals surface area contributed by atoms with Crippen LogP contribution in [0.1, 0.15) is 23.3 Å². The Morgan fingerprint density at radius 2 is 2.07 bits per heavy atom. The zero-order valence-corrected chi connectivity index (χ0v) is 15.4. The fourth-order valence-electron chi connectivity index (χ4n) is 3.74. The van der Waals surface area contributed by atoms with Crippen molar-refractivity contribution in [3.8, 4) is 11.5 Å². The van der Waals surface area contributed by atoms with Crippen molar-refractivity contribution in [2.45, 2.75) is 18.9 Å². The van der Waals surface area contributed by atoms with Crippen LogP contribution in [0.15, 0.2) is 42.7 Å². The summed E-state index contributed by atoms with van der Waals surface area (Å²) in [7, 11) is 0. The molecule has 2 aliphatic heterocycles. The normalized spacial score (nSPS) is 18.9. The van der Waals surface area contributed by atoms with Gasteiger partial charge in [-0.2, -0.15) is 5.10 Å². The van der Waals surface area contributed by atoms with Gasteiger partial charge in [0, 0.05) is 49.3 Å². The standard InChI is InChI=1S/C20H21N5O3/c26-20(16-12-19-21-6-2-8-25(19)23-16)24-7-1-3-15(13-24)22-14-4-5-17-18(11-14)28-10-9-27-17/h2,4-6,8,11-12,15,22H,1,3,7,9-10,13H2/t15-/m1/s1. The predicted molar refractivity (Wildman–Crippen MR) is 103 cm³/mol. The Morgan fingerprint density at radius 1 is 1.18 bits per heavy atom. The van der Waals surface area contributed by atoms with Crippen molar-refractivity contribution in [3.05, 3.63) is 48.4 Å². The van der Waals surface area contributed by atoms with Crippen molar-refractivity contribution in [1.82, 2.24) is 19.5 Å². The third-order valence-electron chi connectivity index (χ3n) is 5.08. The summed E-state index contributed by atoms with van der Waals surface area (Å²) >= 11 is 0. The SMILES string of the molecule is O=C(c1cc2ncccn2n1)N1CCC[C@@H](Nc2ccc3c(c2)OCCO3)C1. The number of anilines is 1. The second-order valence-electron chi connectivity index (χ2n) is 7.05. The lowest BCUT2D eigenvalue weighted by Crippen LogP contribution is -2.45. The first-order valence-corrected chi connectivity index (χ1v) is 9.52. The van der Waals surface area contributed by atoms with Gasteiger partial charge in [0.1, 0.15) is 13.2 Å². The summed E-state index contributed by atoms with van der Waals surface area (Å²) < 4.78 is 12.9. The van der Waals surface area contributed by atoms with Gasteiger partial charge in [-0.05, 0) is 31.0 Å². The summed E-state index contributed by atoms with van der Waals surface area (Å²) in [5.41, 5.74) is 2.08. The van der Waals surface area contributed by atoms with Crippen molar-refractivity contribution in [2.75, 3.05) is 31.6 Å². The molecule has 144 valence electrons. The van der Waals surface area contributed by atoms with Crippen LogP contribution in [0.4, 0.5) is 5.69 Å². The van der Waals surface area contributed by atoms with Crippen molar-refractivity contribution in [2.24, 2.45) is 0 Å². The lowest BCUT2D eigenvalue weighted by atomic mass is 10.0. The van der Waals surface area contributed by atoms with E-state index in [9.17, 15) is 4.79 Å². The molecule has 1 aromatic carbocycles. The molecular formula is C20H21N5O3. The highest BCUT2D eigenvalue weighted by Gasteiger charge is 2.26. The summed E-state index contributed by atoms with van der Waals surface area (Å²) in [6.45, 7) is 2.52. The van der Waals surface area contributed by atoms with Crippen molar-refractivity contribution in [1.29, 1.82) is 0 Å². The molecule has 0 saturated carbocycles. The molecule has 2 aromatic heterocycles. The molecule has 1 amide bonds. The van der Waals surface area contributed by atoms with E-state index in [1.165, 1.54) is 0 Å². The average Bonchev–Trinajstić information content (AvgIpc) is 3.17. The Balaban J connectivity index is 1.28. The molecule has 1 saturated heterocycles. The zero-order valence-electron chi connectivity index (χ0n) is 15.4. The lowest BCUT2D eigenvalue weighted by Gasteiger charge is -2.33. The molecule has 1 N–H and O–H groups in total. The number of piperidine rings is 1. The molecule has 0 radical (unpaired) electrons. The number of likely N-dealkylation sites (tertiary alicyclic amines) is 1. The van der Waals surface area contributed by atoms with Gasteiger partial charge in [0.05, 0.1) is 0 Å². The van der Waals surface area contributed by atoms with Crippen LogP contribution in [0.2, 0.25) is 0 Å². The van der Waals surface area contributed by atoms with Gasteiger partial charge in [0.25, 0.3) is 5.91 Å². The van der Waals surface area contributed by atoms with Gasteiger partial charge in [-0.15, -0.1) is 0 Å². The number of rotatable bonds is 3. The number of nitrogens with zero attached hydrogens (tertiary/aromatic N) is 4. The first-order valence-electron chi connectivity index (χ1n) is 9.52. The van der Waals surface area contributed by atoms with E-state index >= 15 is 0 Å². The van der Waals surface area contributed by atoms with Gasteiger partial charge in [-0.25, -0.2) is 9.50 Å². The minimum absolute atomic E-state index is 0.0563. The van der Waals surface area contributed by atoms with E-state index in [4.69, 9.17) is 9.47 Å². The first kappa shape index (κ1) is 16.9. The van der Waals surface area contributed by atoms with Crippen LogP contribution < -0.4 is 14.8 Å². The maximum atomic E-state index is 12.9. The lowest BCUT2D eigenvalue weighted by molar-refractivity contribution is 0.0708. The largest absolute Gasteiger partial charge is 0.486 e. The van der Waals surface area contributed by atoms with E-state index in [1.54, 1.807) is 29.0 Å². The highest BCUT2D eigenvalue weighted by atomic mass is 16.6. The molecule has 1 atom stereocenters. The van der Waals surface area contributed by atoms with E-state index in [0.29, 0.717) is 31.1 Å². The number of hydrogen-bond acceptors (Lipinski definition) is 6. The van der Waals surface area contributed by atoms with E-state index in [0.717, 1.165) is 36.6 Å². The topological polar surface area (TPSA) is 81.0 Å². The number of aromatic nitrogens is 3. The van der Waals surface area contributed by atoms with Gasteiger partial charge in [-0.1, -0.05) is 0 Å². The van der Waals surface area contributed by atoms with Crippen LogP contribution in [0, 0.1) is 0 Å². The van der Waals surface area contributed by atoms with Crippen LogP contribution >= 0.6 is 0 Å². The number of hydrogen-bond donors (Lipinski definition) is 1. The summed E-state index contributed by atoms with van der Waals surface area (Å²) in [6.07, 6.45) is 5.44. The van der Waals surface area contributed by atoms with Crippen LogP contribution in [0.5, 0.6) is 11.5 Å². The maximum Gasteiger partial charge on any atom is 0.274 e.